The summed E-state index contributed by atoms with van der Waals surface area (Å²) in [6.07, 6.45) is 3.07. The van der Waals surface area contributed by atoms with E-state index in [1.54, 1.807) is 0 Å². The summed E-state index contributed by atoms with van der Waals surface area (Å²) < 4.78 is 1.12. The van der Waals surface area contributed by atoms with E-state index in [0.29, 0.717) is 0 Å². The molecule has 0 radical (unpaired) electrons. The monoisotopic (exact) mass is 344 g/mol. The molecule has 2 heterocycles. The lowest BCUT2D eigenvalue weighted by Crippen LogP contribution is -2.45. The van der Waals surface area contributed by atoms with Gasteiger partial charge in [-0.15, -0.1) is 12.4 Å². The number of nitrogens with zero attached hydrogens (tertiary/aromatic N) is 1. The molecule has 2 aliphatic rings. The van der Waals surface area contributed by atoms with Crippen molar-refractivity contribution in [3.8, 4) is 0 Å². The van der Waals surface area contributed by atoms with E-state index in [-0.39, 0.29) is 24.4 Å². The Morgan fingerprint density at radius 1 is 1.42 bits per heavy atom. The fourth-order valence-corrected chi connectivity index (χ4v) is 3.38. The summed E-state index contributed by atoms with van der Waals surface area (Å²) in [4.78, 5) is 14.4. The molecule has 19 heavy (non-hydrogen) atoms. The van der Waals surface area contributed by atoms with Crippen LogP contribution in [-0.2, 0) is 17.8 Å². The van der Waals surface area contributed by atoms with E-state index >= 15 is 0 Å². The van der Waals surface area contributed by atoms with Gasteiger partial charge in [0.25, 0.3) is 0 Å². The second-order valence-electron chi connectivity index (χ2n) is 5.04. The number of hydrogen-bond donors (Lipinski definition) is 1. The van der Waals surface area contributed by atoms with Crippen molar-refractivity contribution in [1.29, 1.82) is 0 Å². The Hall–Kier alpha value is -0.580. The summed E-state index contributed by atoms with van der Waals surface area (Å²) in [7, 11) is 0. The van der Waals surface area contributed by atoms with Gasteiger partial charge in [-0.05, 0) is 43.0 Å². The normalized spacial score (nSPS) is 21.7. The number of carbonyl (C=O) groups excluding carboxylic acids is 1. The molecule has 1 amide bonds. The molecule has 1 aromatic rings. The quantitative estimate of drug-likeness (QED) is 0.848. The molecule has 1 atom stereocenters. The van der Waals surface area contributed by atoms with Crippen LogP contribution in [0.25, 0.3) is 0 Å². The van der Waals surface area contributed by atoms with Gasteiger partial charge in [-0.2, -0.15) is 0 Å². The van der Waals surface area contributed by atoms with Gasteiger partial charge in [0.1, 0.15) is 0 Å². The summed E-state index contributed by atoms with van der Waals surface area (Å²) >= 11 is 3.59. The highest BCUT2D eigenvalue weighted by Gasteiger charge is 2.29. The largest absolute Gasteiger partial charge is 0.337 e. The molecule has 3 nitrogen and oxygen atoms in total. The third-order valence-corrected chi connectivity index (χ3v) is 4.63. The van der Waals surface area contributed by atoms with Gasteiger partial charge in [0.05, 0.1) is 6.04 Å². The second-order valence-corrected chi connectivity index (χ2v) is 5.89. The molecule has 1 fully saturated rings. The Bertz CT molecular complexity index is 475. The minimum atomic E-state index is 0. The number of hydrogen-bond acceptors (Lipinski definition) is 2. The first-order valence-electron chi connectivity index (χ1n) is 6.54. The van der Waals surface area contributed by atoms with E-state index in [9.17, 15) is 4.79 Å². The molecule has 0 bridgehead atoms. The maximum Gasteiger partial charge on any atom is 0.240 e. The zero-order valence-corrected chi connectivity index (χ0v) is 13.1. The van der Waals surface area contributed by atoms with E-state index in [4.69, 9.17) is 0 Å². The maximum absolute atomic E-state index is 12.4. The number of nitrogens with one attached hydrogen (secondary N) is 1. The lowest BCUT2D eigenvalue weighted by molar-refractivity contribution is -0.134. The number of benzene rings is 1. The van der Waals surface area contributed by atoms with Crippen LogP contribution in [0.2, 0.25) is 0 Å². The van der Waals surface area contributed by atoms with Crippen LogP contribution in [0.5, 0.6) is 0 Å². The van der Waals surface area contributed by atoms with E-state index in [1.165, 1.54) is 11.1 Å². The van der Waals surface area contributed by atoms with Crippen molar-refractivity contribution in [2.24, 2.45) is 0 Å². The number of fused-ring (bicyclic) bond motifs is 1. The Morgan fingerprint density at radius 3 is 3.00 bits per heavy atom. The number of carbonyl (C=O) groups is 1. The Labute approximate surface area is 128 Å². The lowest BCUT2D eigenvalue weighted by atomic mass is 9.99. The first kappa shape index (κ1) is 14.8. The highest BCUT2D eigenvalue weighted by molar-refractivity contribution is 9.10. The Balaban J connectivity index is 0.00000133. The van der Waals surface area contributed by atoms with Crippen molar-refractivity contribution >= 4 is 34.2 Å². The molecule has 0 aliphatic carbocycles. The Morgan fingerprint density at radius 2 is 2.26 bits per heavy atom. The van der Waals surface area contributed by atoms with Gasteiger partial charge in [-0.25, -0.2) is 0 Å². The van der Waals surface area contributed by atoms with E-state index in [2.05, 4.69) is 39.4 Å². The summed E-state index contributed by atoms with van der Waals surface area (Å²) in [6.45, 7) is 2.57. The molecular weight excluding hydrogens is 328 g/mol. The molecule has 0 spiro atoms. The molecule has 5 heteroatoms. The third-order valence-electron chi connectivity index (χ3n) is 3.89. The first-order chi connectivity index (χ1) is 8.75. The van der Waals surface area contributed by atoms with Crippen LogP contribution in [0.15, 0.2) is 22.7 Å². The topological polar surface area (TPSA) is 32.3 Å². The zero-order valence-electron chi connectivity index (χ0n) is 10.7. The fourth-order valence-electron chi connectivity index (χ4n) is 2.84. The maximum atomic E-state index is 12.4. The van der Waals surface area contributed by atoms with Crippen molar-refractivity contribution < 1.29 is 4.79 Å². The summed E-state index contributed by atoms with van der Waals surface area (Å²) in [5, 5.41) is 3.29. The zero-order chi connectivity index (χ0) is 12.5. The highest BCUT2D eigenvalue weighted by Crippen LogP contribution is 2.27. The molecule has 0 aromatic heterocycles. The number of amides is 1. The van der Waals surface area contributed by atoms with Crippen LogP contribution in [-0.4, -0.2) is 29.9 Å². The SMILES string of the molecule is Cl.O=C(C1CCCN1)N1CCc2cccc(Br)c2C1. The van der Waals surface area contributed by atoms with Gasteiger partial charge < -0.3 is 10.2 Å². The molecule has 2 aliphatic heterocycles. The predicted molar refractivity (Wildman–Crippen MR) is 81.5 cm³/mol. The van der Waals surface area contributed by atoms with Crippen LogP contribution in [0, 0.1) is 0 Å². The Kier molecular flexibility index (Phi) is 4.87. The van der Waals surface area contributed by atoms with Crippen molar-refractivity contribution in [3.05, 3.63) is 33.8 Å². The van der Waals surface area contributed by atoms with E-state index < -0.39 is 0 Å². The second kappa shape index (κ2) is 6.25. The lowest BCUT2D eigenvalue weighted by Gasteiger charge is -2.31. The molecule has 1 saturated heterocycles. The van der Waals surface area contributed by atoms with Crippen LogP contribution in [0.3, 0.4) is 0 Å². The molecule has 3 rings (SSSR count). The van der Waals surface area contributed by atoms with Gasteiger partial charge in [0.2, 0.25) is 5.91 Å². The summed E-state index contributed by atoms with van der Waals surface area (Å²) in [5.41, 5.74) is 2.64. The molecule has 0 saturated carbocycles. The van der Waals surface area contributed by atoms with Crippen molar-refractivity contribution in [3.63, 3.8) is 0 Å². The molecular formula is C14H18BrClN2O. The van der Waals surface area contributed by atoms with Crippen molar-refractivity contribution in [2.45, 2.75) is 31.8 Å². The smallest absolute Gasteiger partial charge is 0.240 e. The van der Waals surface area contributed by atoms with Crippen LogP contribution >= 0.6 is 28.3 Å². The highest BCUT2D eigenvalue weighted by atomic mass is 79.9. The minimum absolute atomic E-state index is 0. The van der Waals surface area contributed by atoms with Gasteiger partial charge >= 0.3 is 0 Å². The molecule has 1 N–H and O–H groups in total. The third kappa shape index (κ3) is 2.96. The molecule has 104 valence electrons. The van der Waals surface area contributed by atoms with Gasteiger partial charge in [0.15, 0.2) is 0 Å². The summed E-state index contributed by atoms with van der Waals surface area (Å²) in [6, 6.07) is 6.34. The number of rotatable bonds is 1. The van der Waals surface area contributed by atoms with Gasteiger partial charge in [-0.3, -0.25) is 4.79 Å². The van der Waals surface area contributed by atoms with Crippen LogP contribution in [0.1, 0.15) is 24.0 Å². The van der Waals surface area contributed by atoms with Crippen molar-refractivity contribution in [1.82, 2.24) is 10.2 Å². The van der Waals surface area contributed by atoms with E-state index in [1.807, 2.05) is 4.90 Å². The fraction of sp³-hybridized carbons (Fsp3) is 0.500. The first-order valence-corrected chi connectivity index (χ1v) is 7.33. The molecule has 1 aromatic carbocycles. The molecule has 1 unspecified atom stereocenters. The average molecular weight is 346 g/mol. The van der Waals surface area contributed by atoms with E-state index in [0.717, 1.165) is 43.4 Å². The predicted octanol–water partition coefficient (Wildman–Crippen LogP) is 2.51. The summed E-state index contributed by atoms with van der Waals surface area (Å²) in [5.74, 6) is 0.272. The standard InChI is InChI=1S/C14H17BrN2O.ClH/c15-12-4-1-3-10-6-8-17(9-11(10)12)14(18)13-5-2-7-16-13;/h1,3-4,13,16H,2,5-9H2;1H. The number of halogens is 2. The van der Waals surface area contributed by atoms with Crippen LogP contribution in [0.4, 0.5) is 0 Å². The van der Waals surface area contributed by atoms with Crippen molar-refractivity contribution in [2.75, 3.05) is 13.1 Å². The van der Waals surface area contributed by atoms with Gasteiger partial charge in [-0.1, -0.05) is 28.1 Å². The minimum Gasteiger partial charge on any atom is -0.337 e. The average Bonchev–Trinajstić information content (AvgIpc) is 2.92. The van der Waals surface area contributed by atoms with Crippen LogP contribution < -0.4 is 5.32 Å². The van der Waals surface area contributed by atoms with Gasteiger partial charge in [0, 0.05) is 17.6 Å².